The summed E-state index contributed by atoms with van der Waals surface area (Å²) in [6.07, 6.45) is -4.22. The third-order valence-electron chi connectivity index (χ3n) is 3.26. The van der Waals surface area contributed by atoms with Crippen LogP contribution in [0, 0.1) is 12.8 Å². The van der Waals surface area contributed by atoms with Gasteiger partial charge in [-0.25, -0.2) is 4.98 Å². The lowest BCUT2D eigenvalue weighted by atomic mass is 9.99. The van der Waals surface area contributed by atoms with Crippen LogP contribution in [-0.4, -0.2) is 48.7 Å². The van der Waals surface area contributed by atoms with E-state index >= 15 is 0 Å². The monoisotopic (exact) mass is 303 g/mol. The predicted molar refractivity (Wildman–Crippen MR) is 70.1 cm³/mol. The molecule has 1 aliphatic rings. The van der Waals surface area contributed by atoms with Crippen LogP contribution in [0.15, 0.2) is 12.1 Å². The number of ether oxygens (including phenoxy) is 1. The van der Waals surface area contributed by atoms with E-state index in [4.69, 9.17) is 4.74 Å². The van der Waals surface area contributed by atoms with Crippen molar-refractivity contribution in [3.8, 4) is 5.88 Å². The number of halogens is 3. The smallest absolute Gasteiger partial charge is 0.401 e. The van der Waals surface area contributed by atoms with Gasteiger partial charge in [0, 0.05) is 19.2 Å². The number of hydrogen-bond acceptors (Lipinski definition) is 4. The highest BCUT2D eigenvalue weighted by atomic mass is 19.4. The van der Waals surface area contributed by atoms with Gasteiger partial charge in [-0.05, 0) is 13.0 Å². The molecule has 0 saturated carbocycles. The van der Waals surface area contributed by atoms with Gasteiger partial charge in [0.25, 0.3) is 0 Å². The number of rotatable bonds is 4. The zero-order valence-electron chi connectivity index (χ0n) is 11.7. The summed E-state index contributed by atoms with van der Waals surface area (Å²) in [5, 5.41) is 2.68. The molecule has 0 bridgehead atoms. The maximum absolute atomic E-state index is 12.2. The Morgan fingerprint density at radius 2 is 2.14 bits per heavy atom. The molecule has 1 fully saturated rings. The first-order valence-electron chi connectivity index (χ1n) is 6.40. The summed E-state index contributed by atoms with van der Waals surface area (Å²) in [4.78, 5) is 17.2. The van der Waals surface area contributed by atoms with Gasteiger partial charge in [0.05, 0.1) is 31.0 Å². The number of amides is 1. The Labute approximate surface area is 120 Å². The number of nitrogens with zero attached hydrogens (tertiary/aromatic N) is 2. The van der Waals surface area contributed by atoms with E-state index in [-0.39, 0.29) is 19.0 Å². The molecule has 1 aromatic rings. The number of methoxy groups -OCH3 is 1. The summed E-state index contributed by atoms with van der Waals surface area (Å²) in [5.74, 6) is -0.275. The number of aryl methyl sites for hydroxylation is 1. The van der Waals surface area contributed by atoms with E-state index in [1.165, 1.54) is 12.0 Å². The van der Waals surface area contributed by atoms with E-state index < -0.39 is 18.6 Å². The van der Waals surface area contributed by atoms with Crippen molar-refractivity contribution >= 4 is 11.6 Å². The number of alkyl halides is 3. The molecule has 0 unspecified atom stereocenters. The molecule has 1 N–H and O–H groups in total. The molecular formula is C13H16F3N3O2. The Balaban J connectivity index is 1.86. The van der Waals surface area contributed by atoms with Crippen molar-refractivity contribution < 1.29 is 22.7 Å². The molecule has 2 heterocycles. The van der Waals surface area contributed by atoms with Crippen LogP contribution >= 0.6 is 0 Å². The van der Waals surface area contributed by atoms with Gasteiger partial charge in [0.2, 0.25) is 11.8 Å². The zero-order valence-corrected chi connectivity index (χ0v) is 11.7. The molecule has 21 heavy (non-hydrogen) atoms. The molecule has 1 aromatic heterocycles. The van der Waals surface area contributed by atoms with Gasteiger partial charge >= 0.3 is 6.18 Å². The van der Waals surface area contributed by atoms with Gasteiger partial charge in [0.1, 0.15) is 0 Å². The summed E-state index contributed by atoms with van der Waals surface area (Å²) < 4.78 is 41.5. The number of carbonyl (C=O) groups is 1. The molecule has 0 aromatic carbocycles. The van der Waals surface area contributed by atoms with Crippen LogP contribution < -0.4 is 10.1 Å². The molecule has 5 nitrogen and oxygen atoms in total. The summed E-state index contributed by atoms with van der Waals surface area (Å²) in [6, 6.07) is 3.27. The first kappa shape index (κ1) is 15.6. The number of hydrogen-bond donors (Lipinski definition) is 1. The maximum Gasteiger partial charge on any atom is 0.401 e. The van der Waals surface area contributed by atoms with Gasteiger partial charge < -0.3 is 10.1 Å². The average Bonchev–Trinajstić information content (AvgIpc) is 2.34. The van der Waals surface area contributed by atoms with Crippen LogP contribution in [0.4, 0.5) is 18.9 Å². The molecule has 0 spiro atoms. The second-order valence-electron chi connectivity index (χ2n) is 4.98. The topological polar surface area (TPSA) is 54.5 Å². The highest BCUT2D eigenvalue weighted by Crippen LogP contribution is 2.25. The highest BCUT2D eigenvalue weighted by Gasteiger charge is 2.39. The summed E-state index contributed by atoms with van der Waals surface area (Å²) in [5.41, 5.74) is 1.13. The van der Waals surface area contributed by atoms with E-state index in [1.807, 2.05) is 0 Å². The minimum Gasteiger partial charge on any atom is -0.481 e. The SMILES string of the molecule is COc1ccc(NC(=O)C2CN(CC(F)(F)F)C2)c(C)n1. The quantitative estimate of drug-likeness (QED) is 0.922. The van der Waals surface area contributed by atoms with Crippen LogP contribution in [-0.2, 0) is 4.79 Å². The van der Waals surface area contributed by atoms with Crippen LogP contribution in [0.1, 0.15) is 5.69 Å². The van der Waals surface area contributed by atoms with Crippen molar-refractivity contribution in [2.45, 2.75) is 13.1 Å². The summed E-state index contributed by atoms with van der Waals surface area (Å²) >= 11 is 0. The van der Waals surface area contributed by atoms with Crippen molar-refractivity contribution in [3.05, 3.63) is 17.8 Å². The number of nitrogens with one attached hydrogen (secondary N) is 1. The highest BCUT2D eigenvalue weighted by molar-refractivity contribution is 5.93. The number of aromatic nitrogens is 1. The second kappa shape index (κ2) is 5.88. The lowest BCUT2D eigenvalue weighted by Crippen LogP contribution is -2.54. The van der Waals surface area contributed by atoms with Gasteiger partial charge in [-0.1, -0.05) is 0 Å². The Morgan fingerprint density at radius 3 is 2.67 bits per heavy atom. The summed E-state index contributed by atoms with van der Waals surface area (Å²) in [7, 11) is 1.49. The van der Waals surface area contributed by atoms with Crippen molar-refractivity contribution in [1.29, 1.82) is 0 Å². The van der Waals surface area contributed by atoms with Gasteiger partial charge in [-0.15, -0.1) is 0 Å². The van der Waals surface area contributed by atoms with Gasteiger partial charge in [-0.2, -0.15) is 13.2 Å². The number of anilines is 1. The zero-order chi connectivity index (χ0) is 15.6. The average molecular weight is 303 g/mol. The molecule has 1 saturated heterocycles. The third-order valence-corrected chi connectivity index (χ3v) is 3.26. The van der Waals surface area contributed by atoms with E-state index in [0.717, 1.165) is 0 Å². The summed E-state index contributed by atoms with van der Waals surface area (Å²) in [6.45, 7) is 0.983. The molecule has 1 aliphatic heterocycles. The van der Waals surface area contributed by atoms with Crippen LogP contribution in [0.3, 0.4) is 0 Å². The van der Waals surface area contributed by atoms with Crippen LogP contribution in [0.25, 0.3) is 0 Å². The second-order valence-corrected chi connectivity index (χ2v) is 4.98. The van der Waals surface area contributed by atoms with Crippen LogP contribution in [0.2, 0.25) is 0 Å². The fraction of sp³-hybridized carbons (Fsp3) is 0.538. The largest absolute Gasteiger partial charge is 0.481 e. The Kier molecular flexibility index (Phi) is 4.36. The third kappa shape index (κ3) is 4.07. The Hall–Kier alpha value is -1.83. The molecule has 0 atom stereocenters. The van der Waals surface area contributed by atoms with Crippen molar-refractivity contribution in [1.82, 2.24) is 9.88 Å². The normalized spacial score (nSPS) is 16.4. The van der Waals surface area contributed by atoms with E-state index in [2.05, 4.69) is 10.3 Å². The van der Waals surface area contributed by atoms with E-state index in [1.54, 1.807) is 19.1 Å². The van der Waals surface area contributed by atoms with Crippen LogP contribution in [0.5, 0.6) is 5.88 Å². The molecule has 8 heteroatoms. The lowest BCUT2D eigenvalue weighted by molar-refractivity contribution is -0.162. The first-order chi connectivity index (χ1) is 9.78. The van der Waals surface area contributed by atoms with Crippen molar-refractivity contribution in [2.24, 2.45) is 5.92 Å². The van der Waals surface area contributed by atoms with E-state index in [9.17, 15) is 18.0 Å². The number of carbonyl (C=O) groups excluding carboxylic acids is 1. The Morgan fingerprint density at radius 1 is 1.48 bits per heavy atom. The Bertz CT molecular complexity index is 528. The van der Waals surface area contributed by atoms with Crippen molar-refractivity contribution in [2.75, 3.05) is 32.1 Å². The minimum atomic E-state index is -4.22. The lowest BCUT2D eigenvalue weighted by Gasteiger charge is -2.38. The first-order valence-corrected chi connectivity index (χ1v) is 6.40. The fourth-order valence-electron chi connectivity index (χ4n) is 2.14. The molecular weight excluding hydrogens is 287 g/mol. The molecule has 0 aliphatic carbocycles. The van der Waals surface area contributed by atoms with Gasteiger partial charge in [0.15, 0.2) is 0 Å². The number of pyridine rings is 1. The molecule has 2 rings (SSSR count). The van der Waals surface area contributed by atoms with E-state index in [0.29, 0.717) is 17.3 Å². The van der Waals surface area contributed by atoms with Crippen molar-refractivity contribution in [3.63, 3.8) is 0 Å². The standard InChI is InChI=1S/C13H16F3N3O2/c1-8-10(3-4-11(17-8)21-2)18-12(20)9-5-19(6-9)7-13(14,15)16/h3-4,9H,5-7H2,1-2H3,(H,18,20). The van der Waals surface area contributed by atoms with Gasteiger partial charge in [-0.3, -0.25) is 9.69 Å². The molecule has 116 valence electrons. The maximum atomic E-state index is 12.2. The molecule has 1 amide bonds. The fourth-order valence-corrected chi connectivity index (χ4v) is 2.14. The molecule has 0 radical (unpaired) electrons. The predicted octanol–water partition coefficient (Wildman–Crippen LogP) is 1.83. The number of likely N-dealkylation sites (tertiary alicyclic amines) is 1. The minimum absolute atomic E-state index is 0.119.